The van der Waals surface area contributed by atoms with Crippen LogP contribution in [-0.4, -0.2) is 25.9 Å². The number of rotatable bonds is 5. The summed E-state index contributed by atoms with van der Waals surface area (Å²) < 4.78 is 49.0. The lowest BCUT2D eigenvalue weighted by Gasteiger charge is -2.16. The van der Waals surface area contributed by atoms with E-state index in [1.54, 1.807) is 13.8 Å². The van der Waals surface area contributed by atoms with Crippen molar-refractivity contribution in [1.82, 2.24) is 0 Å². The maximum Gasteiger partial charge on any atom is 0.442 e. The molecule has 0 saturated heterocycles. The first kappa shape index (κ1) is 17.0. The number of carbonyl (C=O) groups is 1. The summed E-state index contributed by atoms with van der Waals surface area (Å²) in [7, 11) is 1.33. The molecule has 0 atom stereocenters. The van der Waals surface area contributed by atoms with Gasteiger partial charge < -0.3 is 9.47 Å². The number of halogens is 3. The van der Waals surface area contributed by atoms with E-state index in [2.05, 4.69) is 10.2 Å². The number of benzene rings is 1. The van der Waals surface area contributed by atoms with Crippen molar-refractivity contribution in [2.45, 2.75) is 25.7 Å². The van der Waals surface area contributed by atoms with Gasteiger partial charge in [-0.3, -0.25) is 0 Å². The maximum atomic E-state index is 13.0. The number of alkyl halides is 3. The standard InChI is InChI=1S/C15H15F3N2O3/c1-4-23-13(21)9(2)7-10-5-6-11(8-12(10)22-3)14(19-20-14)15(16,17)18/h5-8H,4H2,1-3H3/b9-7+. The second kappa shape index (κ2) is 6.02. The molecule has 5 nitrogen and oxygen atoms in total. The first-order valence-electron chi connectivity index (χ1n) is 6.80. The first-order chi connectivity index (χ1) is 10.7. The van der Waals surface area contributed by atoms with E-state index in [-0.39, 0.29) is 17.9 Å². The summed E-state index contributed by atoms with van der Waals surface area (Å²) in [6.07, 6.45) is -3.11. The highest BCUT2D eigenvalue weighted by Gasteiger charge is 2.65. The van der Waals surface area contributed by atoms with Gasteiger partial charge >= 0.3 is 17.8 Å². The van der Waals surface area contributed by atoms with Crippen molar-refractivity contribution >= 4 is 12.0 Å². The minimum atomic E-state index is -4.60. The molecule has 0 fully saturated rings. The van der Waals surface area contributed by atoms with E-state index < -0.39 is 17.8 Å². The predicted octanol–water partition coefficient (Wildman–Crippen LogP) is 3.84. The monoisotopic (exact) mass is 328 g/mol. The van der Waals surface area contributed by atoms with Crippen LogP contribution < -0.4 is 4.74 Å². The Morgan fingerprint density at radius 1 is 1.35 bits per heavy atom. The van der Waals surface area contributed by atoms with Crippen molar-refractivity contribution in [3.05, 3.63) is 34.9 Å². The van der Waals surface area contributed by atoms with Gasteiger partial charge in [-0.25, -0.2) is 4.79 Å². The Kier molecular flexibility index (Phi) is 4.44. The number of hydrogen-bond acceptors (Lipinski definition) is 5. The molecule has 1 heterocycles. The van der Waals surface area contributed by atoms with Crippen LogP contribution in [0.4, 0.5) is 13.2 Å². The Balaban J connectivity index is 2.35. The van der Waals surface area contributed by atoms with Crippen LogP contribution >= 0.6 is 0 Å². The molecule has 0 unspecified atom stereocenters. The Hall–Kier alpha value is -2.38. The van der Waals surface area contributed by atoms with Gasteiger partial charge in [0.05, 0.1) is 13.7 Å². The normalized spacial score (nSPS) is 16.2. The molecule has 1 aliphatic rings. The molecule has 124 valence electrons. The molecule has 0 amide bonds. The fourth-order valence-electron chi connectivity index (χ4n) is 2.03. The third-order valence-electron chi connectivity index (χ3n) is 3.30. The highest BCUT2D eigenvalue weighted by Crippen LogP contribution is 2.53. The summed E-state index contributed by atoms with van der Waals surface area (Å²) in [5.74, 6) is -0.315. The Labute approximate surface area is 130 Å². The van der Waals surface area contributed by atoms with E-state index in [9.17, 15) is 18.0 Å². The number of esters is 1. The van der Waals surface area contributed by atoms with Gasteiger partial charge in [0.2, 0.25) is 0 Å². The van der Waals surface area contributed by atoms with Gasteiger partial charge in [-0.1, -0.05) is 12.1 Å². The molecule has 8 heteroatoms. The van der Waals surface area contributed by atoms with Crippen LogP contribution in [0.5, 0.6) is 5.75 Å². The van der Waals surface area contributed by atoms with Crippen LogP contribution in [0, 0.1) is 0 Å². The number of hydrogen-bond donors (Lipinski definition) is 0. The second-order valence-electron chi connectivity index (χ2n) is 4.87. The van der Waals surface area contributed by atoms with Crippen molar-refractivity contribution in [1.29, 1.82) is 0 Å². The lowest BCUT2D eigenvalue weighted by molar-refractivity contribution is -0.166. The number of carbonyl (C=O) groups excluding carboxylic acids is 1. The van der Waals surface area contributed by atoms with Gasteiger partial charge in [0.25, 0.3) is 0 Å². The smallest absolute Gasteiger partial charge is 0.442 e. The summed E-state index contributed by atoms with van der Waals surface area (Å²) >= 11 is 0. The van der Waals surface area contributed by atoms with E-state index >= 15 is 0 Å². The average Bonchev–Trinajstić information content (AvgIpc) is 3.29. The van der Waals surface area contributed by atoms with Crippen LogP contribution in [0.3, 0.4) is 0 Å². The van der Waals surface area contributed by atoms with Crippen molar-refractivity contribution in [3.63, 3.8) is 0 Å². The minimum absolute atomic E-state index is 0.132. The quantitative estimate of drug-likeness (QED) is 0.609. The third-order valence-corrected chi connectivity index (χ3v) is 3.30. The molecule has 0 N–H and O–H groups in total. The molecule has 0 saturated carbocycles. The summed E-state index contributed by atoms with van der Waals surface area (Å²) in [5.41, 5.74) is -1.87. The summed E-state index contributed by atoms with van der Waals surface area (Å²) in [4.78, 5) is 11.6. The van der Waals surface area contributed by atoms with Gasteiger partial charge in [0, 0.05) is 16.7 Å². The largest absolute Gasteiger partial charge is 0.496 e. The molecule has 23 heavy (non-hydrogen) atoms. The summed E-state index contributed by atoms with van der Waals surface area (Å²) in [6, 6.07) is 3.91. The Morgan fingerprint density at radius 3 is 2.48 bits per heavy atom. The molecule has 0 spiro atoms. The maximum absolute atomic E-state index is 13.0. The third kappa shape index (κ3) is 3.20. The van der Waals surface area contributed by atoms with Crippen molar-refractivity contribution < 1.29 is 27.4 Å². The number of ether oxygens (including phenoxy) is 2. The zero-order chi connectivity index (χ0) is 17.3. The van der Waals surface area contributed by atoms with Crippen LogP contribution in [0.1, 0.15) is 25.0 Å². The predicted molar refractivity (Wildman–Crippen MR) is 75.9 cm³/mol. The van der Waals surface area contributed by atoms with Gasteiger partial charge in [0.15, 0.2) is 0 Å². The van der Waals surface area contributed by atoms with Crippen LogP contribution in [0.15, 0.2) is 34.0 Å². The molecular weight excluding hydrogens is 313 g/mol. The van der Waals surface area contributed by atoms with Gasteiger partial charge in [-0.2, -0.15) is 13.2 Å². The molecule has 0 aliphatic carbocycles. The highest BCUT2D eigenvalue weighted by molar-refractivity contribution is 5.93. The van der Waals surface area contributed by atoms with E-state index in [1.807, 2.05) is 0 Å². The zero-order valence-electron chi connectivity index (χ0n) is 12.8. The summed E-state index contributed by atoms with van der Waals surface area (Å²) in [5, 5.41) is 6.30. The SMILES string of the molecule is CCOC(=O)/C(C)=C/c1ccc(C2(C(F)(F)F)N=N2)cc1OC. The number of nitrogens with zero attached hydrogens (tertiary/aromatic N) is 2. The topological polar surface area (TPSA) is 60.2 Å². The lowest BCUT2D eigenvalue weighted by atomic mass is 9.99. The Bertz CT molecular complexity index is 675. The van der Waals surface area contributed by atoms with E-state index in [0.29, 0.717) is 11.1 Å². The summed E-state index contributed by atoms with van der Waals surface area (Å²) in [6.45, 7) is 3.46. The van der Waals surface area contributed by atoms with Crippen molar-refractivity contribution in [3.8, 4) is 5.75 Å². The van der Waals surface area contributed by atoms with E-state index in [0.717, 1.165) is 0 Å². The molecule has 1 aromatic rings. The minimum Gasteiger partial charge on any atom is -0.496 e. The van der Waals surface area contributed by atoms with Gasteiger partial charge in [-0.05, 0) is 26.0 Å². The molecule has 0 aromatic heterocycles. The molecule has 1 aromatic carbocycles. The average molecular weight is 328 g/mol. The molecule has 2 rings (SSSR count). The van der Waals surface area contributed by atoms with Gasteiger partial charge in [-0.15, -0.1) is 10.2 Å². The van der Waals surface area contributed by atoms with Crippen LogP contribution in [-0.2, 0) is 15.2 Å². The molecule has 1 aliphatic heterocycles. The number of methoxy groups -OCH3 is 1. The molecular formula is C15H15F3N2O3. The molecule has 0 radical (unpaired) electrons. The fourth-order valence-corrected chi connectivity index (χ4v) is 2.03. The van der Waals surface area contributed by atoms with Crippen molar-refractivity contribution in [2.75, 3.05) is 13.7 Å². The van der Waals surface area contributed by atoms with E-state index in [1.165, 1.54) is 31.4 Å². The second-order valence-corrected chi connectivity index (χ2v) is 4.87. The zero-order valence-corrected chi connectivity index (χ0v) is 12.8. The van der Waals surface area contributed by atoms with E-state index in [4.69, 9.17) is 9.47 Å². The lowest BCUT2D eigenvalue weighted by Crippen LogP contribution is -2.30. The molecule has 0 bridgehead atoms. The fraction of sp³-hybridized carbons (Fsp3) is 0.400. The first-order valence-corrected chi connectivity index (χ1v) is 6.80. The van der Waals surface area contributed by atoms with Crippen LogP contribution in [0.2, 0.25) is 0 Å². The van der Waals surface area contributed by atoms with Crippen LogP contribution in [0.25, 0.3) is 6.08 Å². The van der Waals surface area contributed by atoms with Gasteiger partial charge in [0.1, 0.15) is 5.75 Å². The highest BCUT2D eigenvalue weighted by atomic mass is 19.4. The Morgan fingerprint density at radius 2 is 2.00 bits per heavy atom. The van der Waals surface area contributed by atoms with Crippen molar-refractivity contribution in [2.24, 2.45) is 10.2 Å².